The molecule has 0 aliphatic carbocycles. The van der Waals surface area contributed by atoms with Gasteiger partial charge in [0, 0.05) is 23.7 Å². The maximum Gasteiger partial charge on any atom is 0.188 e. The number of aromatic nitrogens is 4. The van der Waals surface area contributed by atoms with E-state index in [0.717, 1.165) is 16.5 Å². The van der Waals surface area contributed by atoms with Gasteiger partial charge in [0.25, 0.3) is 0 Å². The number of nitrogens with one attached hydrogen (secondary N) is 1. The highest BCUT2D eigenvalue weighted by Gasteiger charge is 2.04. The summed E-state index contributed by atoms with van der Waals surface area (Å²) in [5, 5.41) is 0.724. The molecule has 2 rings (SSSR count). The van der Waals surface area contributed by atoms with Gasteiger partial charge in [0.1, 0.15) is 11.6 Å². The van der Waals surface area contributed by atoms with E-state index in [-0.39, 0.29) is 0 Å². The summed E-state index contributed by atoms with van der Waals surface area (Å²) in [6.07, 6.45) is 1.74. The Morgan fingerprint density at radius 1 is 1.22 bits per heavy atom. The van der Waals surface area contributed by atoms with E-state index in [1.165, 1.54) is 11.8 Å². The highest BCUT2D eigenvalue weighted by Crippen LogP contribution is 2.18. The highest BCUT2D eigenvalue weighted by atomic mass is 32.2. The molecule has 94 valence electrons. The van der Waals surface area contributed by atoms with E-state index in [0.29, 0.717) is 17.4 Å². The molecule has 2 aromatic rings. The Hall–Kier alpha value is -1.73. The second-order valence-corrected chi connectivity index (χ2v) is 4.67. The van der Waals surface area contributed by atoms with Crippen LogP contribution in [0.5, 0.6) is 0 Å². The van der Waals surface area contributed by atoms with Gasteiger partial charge in [-0.25, -0.2) is 25.8 Å². The van der Waals surface area contributed by atoms with Crippen LogP contribution in [0.1, 0.15) is 17.2 Å². The Morgan fingerprint density at radius 2 is 2.06 bits per heavy atom. The monoisotopic (exact) mass is 262 g/mol. The van der Waals surface area contributed by atoms with E-state index in [1.807, 2.05) is 19.9 Å². The molecule has 0 aliphatic heterocycles. The van der Waals surface area contributed by atoms with Gasteiger partial charge >= 0.3 is 0 Å². The van der Waals surface area contributed by atoms with Crippen molar-refractivity contribution in [3.63, 3.8) is 0 Å². The lowest BCUT2D eigenvalue weighted by atomic mass is 10.4. The summed E-state index contributed by atoms with van der Waals surface area (Å²) in [6, 6.07) is 3.65. The zero-order valence-electron chi connectivity index (χ0n) is 10.2. The average molecular weight is 262 g/mol. The van der Waals surface area contributed by atoms with Crippen molar-refractivity contribution < 1.29 is 0 Å². The van der Waals surface area contributed by atoms with Crippen LogP contribution in [0, 0.1) is 13.8 Å². The van der Waals surface area contributed by atoms with Crippen LogP contribution in [-0.2, 0) is 5.75 Å². The van der Waals surface area contributed by atoms with Crippen molar-refractivity contribution in [1.82, 2.24) is 19.9 Å². The van der Waals surface area contributed by atoms with Crippen LogP contribution < -0.4 is 11.3 Å². The SMILES string of the molecule is Cc1cc(NN)nc(CSc2nccc(C)n2)n1. The molecular formula is C11H14N6S. The molecule has 0 saturated heterocycles. The van der Waals surface area contributed by atoms with E-state index in [2.05, 4.69) is 25.4 Å². The number of nitrogen functional groups attached to an aromatic ring is 1. The van der Waals surface area contributed by atoms with Gasteiger partial charge in [-0.1, -0.05) is 11.8 Å². The second kappa shape index (κ2) is 5.74. The van der Waals surface area contributed by atoms with Crippen LogP contribution in [0.25, 0.3) is 0 Å². The molecule has 3 N–H and O–H groups in total. The van der Waals surface area contributed by atoms with Gasteiger partial charge in [-0.2, -0.15) is 0 Å². The molecule has 0 fully saturated rings. The largest absolute Gasteiger partial charge is 0.308 e. The minimum atomic E-state index is 0.611. The molecule has 6 nitrogen and oxygen atoms in total. The molecule has 0 bridgehead atoms. The Labute approximate surface area is 109 Å². The number of hydrogen-bond donors (Lipinski definition) is 2. The van der Waals surface area contributed by atoms with Gasteiger partial charge in [0.15, 0.2) is 5.16 Å². The van der Waals surface area contributed by atoms with Gasteiger partial charge in [0.2, 0.25) is 0 Å². The maximum absolute atomic E-state index is 5.34. The molecule has 2 aromatic heterocycles. The van der Waals surface area contributed by atoms with Crippen molar-refractivity contribution in [1.29, 1.82) is 0 Å². The predicted molar refractivity (Wildman–Crippen MR) is 70.9 cm³/mol. The lowest BCUT2D eigenvalue weighted by Crippen LogP contribution is -2.10. The van der Waals surface area contributed by atoms with Crippen LogP contribution in [0.2, 0.25) is 0 Å². The van der Waals surface area contributed by atoms with Crippen LogP contribution in [0.4, 0.5) is 5.82 Å². The smallest absolute Gasteiger partial charge is 0.188 e. The number of nitrogens with two attached hydrogens (primary N) is 1. The number of nitrogens with zero attached hydrogens (tertiary/aromatic N) is 4. The lowest BCUT2D eigenvalue weighted by Gasteiger charge is -2.04. The number of aryl methyl sites for hydroxylation is 2. The third-order valence-corrected chi connectivity index (χ3v) is 3.01. The fraction of sp³-hybridized carbons (Fsp3) is 0.273. The number of anilines is 1. The van der Waals surface area contributed by atoms with Crippen LogP contribution in [-0.4, -0.2) is 19.9 Å². The summed E-state index contributed by atoms with van der Waals surface area (Å²) in [4.78, 5) is 17.1. The van der Waals surface area contributed by atoms with Gasteiger partial charge < -0.3 is 5.43 Å². The molecule has 7 heteroatoms. The Balaban J connectivity index is 2.08. The van der Waals surface area contributed by atoms with Gasteiger partial charge in [-0.15, -0.1) is 0 Å². The Morgan fingerprint density at radius 3 is 2.78 bits per heavy atom. The molecule has 0 radical (unpaired) electrons. The van der Waals surface area contributed by atoms with Crippen LogP contribution >= 0.6 is 11.8 Å². The average Bonchev–Trinajstić information content (AvgIpc) is 2.36. The topological polar surface area (TPSA) is 89.6 Å². The first-order valence-electron chi connectivity index (χ1n) is 5.41. The van der Waals surface area contributed by atoms with Gasteiger partial charge in [-0.3, -0.25) is 0 Å². The first-order valence-corrected chi connectivity index (χ1v) is 6.39. The van der Waals surface area contributed by atoms with Gasteiger partial charge in [0.05, 0.1) is 5.75 Å². The molecule has 0 amide bonds. The molecule has 0 saturated carbocycles. The molecule has 2 heterocycles. The van der Waals surface area contributed by atoms with Crippen molar-refractivity contribution in [2.24, 2.45) is 5.84 Å². The van der Waals surface area contributed by atoms with E-state index in [4.69, 9.17) is 5.84 Å². The number of hydrazine groups is 1. The predicted octanol–water partition coefficient (Wildman–Crippen LogP) is 1.46. The third-order valence-electron chi connectivity index (χ3n) is 2.15. The van der Waals surface area contributed by atoms with E-state index in [9.17, 15) is 0 Å². The molecule has 0 spiro atoms. The molecule has 0 aliphatic rings. The van der Waals surface area contributed by atoms with Crippen LogP contribution in [0.3, 0.4) is 0 Å². The molecule has 18 heavy (non-hydrogen) atoms. The van der Waals surface area contributed by atoms with E-state index in [1.54, 1.807) is 12.3 Å². The molecule has 0 unspecified atom stereocenters. The van der Waals surface area contributed by atoms with Crippen molar-refractivity contribution in [2.45, 2.75) is 24.8 Å². The van der Waals surface area contributed by atoms with Crippen LogP contribution in [0.15, 0.2) is 23.5 Å². The zero-order valence-corrected chi connectivity index (χ0v) is 11.0. The van der Waals surface area contributed by atoms with Crippen molar-refractivity contribution >= 4 is 17.6 Å². The minimum absolute atomic E-state index is 0.611. The molecule has 0 aromatic carbocycles. The zero-order chi connectivity index (χ0) is 13.0. The van der Waals surface area contributed by atoms with E-state index < -0.39 is 0 Å². The maximum atomic E-state index is 5.34. The lowest BCUT2D eigenvalue weighted by molar-refractivity contribution is 0.924. The molecule has 0 atom stereocenters. The first kappa shape index (κ1) is 12.7. The standard InChI is InChI=1S/C11H14N6S/c1-7-3-4-13-11(15-7)18-6-10-14-8(2)5-9(16-10)17-12/h3-5H,6,12H2,1-2H3,(H,14,16,17). The fourth-order valence-corrected chi connectivity index (χ4v) is 2.12. The minimum Gasteiger partial charge on any atom is -0.308 e. The number of hydrogen-bond acceptors (Lipinski definition) is 7. The summed E-state index contributed by atoms with van der Waals surface area (Å²) in [5.41, 5.74) is 4.34. The second-order valence-electron chi connectivity index (χ2n) is 3.72. The number of thioether (sulfide) groups is 1. The van der Waals surface area contributed by atoms with E-state index >= 15 is 0 Å². The third kappa shape index (κ3) is 3.38. The summed E-state index contributed by atoms with van der Waals surface area (Å²) in [6.45, 7) is 3.84. The number of rotatable bonds is 4. The summed E-state index contributed by atoms with van der Waals surface area (Å²) in [5.74, 6) is 7.27. The normalized spacial score (nSPS) is 10.4. The Kier molecular flexibility index (Phi) is 4.06. The van der Waals surface area contributed by atoms with Crippen molar-refractivity contribution in [3.8, 4) is 0 Å². The van der Waals surface area contributed by atoms with Crippen molar-refractivity contribution in [3.05, 3.63) is 35.5 Å². The highest BCUT2D eigenvalue weighted by molar-refractivity contribution is 7.98. The fourth-order valence-electron chi connectivity index (χ4n) is 1.39. The Bertz CT molecular complexity index is 545. The van der Waals surface area contributed by atoms with Crippen molar-refractivity contribution in [2.75, 3.05) is 5.43 Å². The summed E-state index contributed by atoms with van der Waals surface area (Å²) in [7, 11) is 0. The summed E-state index contributed by atoms with van der Waals surface area (Å²) < 4.78 is 0. The first-order chi connectivity index (χ1) is 8.67. The summed E-state index contributed by atoms with van der Waals surface area (Å²) >= 11 is 1.50. The van der Waals surface area contributed by atoms with Gasteiger partial charge in [-0.05, 0) is 19.9 Å². The quantitative estimate of drug-likeness (QED) is 0.373. The molecular weight excluding hydrogens is 248 g/mol.